The van der Waals surface area contributed by atoms with Crippen molar-refractivity contribution in [3.63, 3.8) is 0 Å². The van der Waals surface area contributed by atoms with Crippen LogP contribution in [0, 0.1) is 27.8 Å². The maximum atomic E-state index is 9.60. The van der Waals surface area contributed by atoms with Crippen LogP contribution in [0.4, 0.5) is 0 Å². The summed E-state index contributed by atoms with van der Waals surface area (Å²) in [5.74, 6) is 0. The Labute approximate surface area is 200 Å². The van der Waals surface area contributed by atoms with E-state index in [1.807, 2.05) is 18.2 Å². The van der Waals surface area contributed by atoms with Gasteiger partial charge in [0.05, 0.1) is 13.2 Å². The fourth-order valence-corrected chi connectivity index (χ4v) is 1.63. The molecule has 0 N–H and O–H groups in total. The van der Waals surface area contributed by atoms with Crippen molar-refractivity contribution in [3.05, 3.63) is 58.3 Å². The summed E-state index contributed by atoms with van der Waals surface area (Å²) in [5, 5.41) is 48.4. The van der Waals surface area contributed by atoms with E-state index in [0.29, 0.717) is 0 Å². The summed E-state index contributed by atoms with van der Waals surface area (Å²) in [5.41, 5.74) is 0.556. The molecule has 32 heavy (non-hydrogen) atoms. The molecule has 1 saturated heterocycles. The third-order valence-electron chi connectivity index (χ3n) is 3.74. The van der Waals surface area contributed by atoms with E-state index in [1.165, 1.54) is 27.7 Å². The van der Waals surface area contributed by atoms with E-state index in [4.69, 9.17) is 4.74 Å². The fraction of sp³-hybridized carbons (Fsp3) is 0.500. The summed E-state index contributed by atoms with van der Waals surface area (Å²) in [6.45, 7) is 14.7. The number of pyridine rings is 1. The van der Waals surface area contributed by atoms with E-state index in [1.54, 1.807) is 12.4 Å². The van der Waals surface area contributed by atoms with Crippen LogP contribution in [-0.4, -0.2) is 65.6 Å². The summed E-state index contributed by atoms with van der Waals surface area (Å²) < 4.78 is 5.18. The second-order valence-corrected chi connectivity index (χ2v) is 6.04. The van der Waals surface area contributed by atoms with Crippen molar-refractivity contribution in [2.45, 2.75) is 34.1 Å². The summed E-state index contributed by atoms with van der Waals surface area (Å²) in [6, 6.07) is 5.72. The number of hydrogen-bond acceptors (Lipinski definition) is 11. The second-order valence-electron chi connectivity index (χ2n) is 6.04. The molecule has 1 radical (unpaired) electrons. The number of morpholine rings is 1. The van der Waals surface area contributed by atoms with Crippen molar-refractivity contribution in [3.8, 4) is 0 Å². The molecule has 185 valence electrons. The van der Waals surface area contributed by atoms with Gasteiger partial charge in [0, 0.05) is 65.1 Å². The van der Waals surface area contributed by atoms with Crippen molar-refractivity contribution in [2.24, 2.45) is 20.6 Å². The monoisotopic (exact) mass is 494 g/mol. The Bertz CT molecular complexity index is 572. The van der Waals surface area contributed by atoms with Crippen molar-refractivity contribution in [1.82, 2.24) is 9.88 Å². The average molecular weight is 494 g/mol. The molecule has 0 bridgehead atoms. The third-order valence-corrected chi connectivity index (χ3v) is 3.74. The maximum absolute atomic E-state index is 9.60. The molecule has 2 rings (SSSR count). The number of ether oxygens (including phenoxy) is 1. The molecule has 1 aromatic heterocycles. The van der Waals surface area contributed by atoms with Crippen molar-refractivity contribution >= 4 is 22.8 Å². The van der Waals surface area contributed by atoms with Crippen LogP contribution < -0.4 is 0 Å². The first-order chi connectivity index (χ1) is 14.9. The molecule has 11 nitrogen and oxygen atoms in total. The molecular weight excluding hydrogens is 463 g/mol. The number of nitrogens with zero attached hydrogens (tertiary/aromatic N) is 6. The quantitative estimate of drug-likeness (QED) is 0.351. The van der Waals surface area contributed by atoms with E-state index < -0.39 is 0 Å². The number of hydrogen-bond donors (Lipinski definition) is 0. The summed E-state index contributed by atoms with van der Waals surface area (Å²) in [7, 11) is 0. The van der Waals surface area contributed by atoms with E-state index in [0.717, 1.165) is 39.3 Å². The molecule has 0 aromatic carbocycles. The van der Waals surface area contributed by atoms with Crippen LogP contribution in [0.1, 0.15) is 34.1 Å². The largest absolute Gasteiger partial charge is 0.792 e. The van der Waals surface area contributed by atoms with Gasteiger partial charge in [0.15, 0.2) is 0 Å². The van der Waals surface area contributed by atoms with Gasteiger partial charge in [0.1, 0.15) is 0 Å². The van der Waals surface area contributed by atoms with Gasteiger partial charge in [-0.3, -0.25) is 4.98 Å². The maximum Gasteiger partial charge on any atom is 0.0594 e. The van der Waals surface area contributed by atoms with Crippen LogP contribution in [-0.2, 0) is 21.5 Å². The minimum atomic E-state index is 0. The van der Waals surface area contributed by atoms with Crippen molar-refractivity contribution in [2.75, 3.05) is 32.8 Å². The Kier molecular flexibility index (Phi) is 26.3. The molecule has 0 aliphatic carbocycles. The van der Waals surface area contributed by atoms with Gasteiger partial charge < -0.3 is 58.0 Å². The zero-order valence-electron chi connectivity index (χ0n) is 18.9. The minimum Gasteiger partial charge on any atom is -0.792 e. The normalized spacial score (nSPS) is 14.9. The third kappa shape index (κ3) is 20.7. The molecule has 1 aliphatic rings. The van der Waals surface area contributed by atoms with Crippen LogP contribution in [0.5, 0.6) is 0 Å². The Balaban J connectivity index is -0.000000350. The number of rotatable bonds is 4. The predicted molar refractivity (Wildman–Crippen MR) is 127 cm³/mol. The predicted octanol–water partition coefficient (Wildman–Crippen LogP) is 3.43. The van der Waals surface area contributed by atoms with Gasteiger partial charge in [0.25, 0.3) is 0 Å². The van der Waals surface area contributed by atoms with Gasteiger partial charge >= 0.3 is 0 Å². The summed E-state index contributed by atoms with van der Waals surface area (Å²) in [4.78, 5) is 6.17. The molecular formula is C20H31CoN6O5-5. The standard InChI is InChI=1S/C7H14NO.C5H5N.2C4H8N2O2.Co/c1-2-3-8-4-6-9-7-5-8;1-2-4-6-5-3-1;2*1-3(5-7)4(2)6-8;/h1-7H2;1-5H;2*7-8H,1-2H3;/q-1;;;;/p-4. The first-order valence-corrected chi connectivity index (χ1v) is 9.50. The van der Waals surface area contributed by atoms with Gasteiger partial charge in [0.2, 0.25) is 0 Å². The van der Waals surface area contributed by atoms with Gasteiger partial charge in [-0.05, 0) is 46.4 Å². The second kappa shape index (κ2) is 24.7. The van der Waals surface area contributed by atoms with Gasteiger partial charge in [-0.2, -0.15) is 6.42 Å². The summed E-state index contributed by atoms with van der Waals surface area (Å²) >= 11 is 0. The first kappa shape index (κ1) is 34.1. The molecule has 0 unspecified atom stereocenters. The zero-order chi connectivity index (χ0) is 23.9. The van der Waals surface area contributed by atoms with Gasteiger partial charge in [-0.1, -0.05) is 6.07 Å². The Morgan fingerprint density at radius 1 is 0.812 bits per heavy atom. The molecule has 1 aliphatic heterocycles. The molecule has 0 amide bonds. The molecule has 12 heteroatoms. The molecule has 1 fully saturated rings. The Morgan fingerprint density at radius 3 is 1.41 bits per heavy atom. The van der Waals surface area contributed by atoms with Crippen LogP contribution >= 0.6 is 0 Å². The smallest absolute Gasteiger partial charge is 0.0594 e. The van der Waals surface area contributed by atoms with Crippen LogP contribution in [0.25, 0.3) is 0 Å². The van der Waals surface area contributed by atoms with E-state index in [-0.39, 0.29) is 39.6 Å². The van der Waals surface area contributed by atoms with Crippen LogP contribution in [0.2, 0.25) is 0 Å². The topological polar surface area (TPSA) is 167 Å². The SMILES string of the molecule is CC(=N[O-])C(C)=N[O-].CC(=N[O-])C(C)=N[O-].[CH2-]CCN1CCOCC1.[Co].c1ccncc1. The molecule has 0 spiro atoms. The molecule has 2 heterocycles. The molecule has 1 aromatic rings. The minimum absolute atomic E-state index is 0. The fourth-order valence-electron chi connectivity index (χ4n) is 1.63. The van der Waals surface area contributed by atoms with Crippen molar-refractivity contribution in [1.29, 1.82) is 0 Å². The molecule has 0 saturated carbocycles. The average Bonchev–Trinajstić information content (AvgIpc) is 2.85. The molecule has 0 atom stereocenters. The summed E-state index contributed by atoms with van der Waals surface area (Å²) in [6.07, 6.45) is 4.51. The number of aromatic nitrogens is 1. The van der Waals surface area contributed by atoms with Crippen molar-refractivity contribution < 1.29 is 21.5 Å². The van der Waals surface area contributed by atoms with Crippen LogP contribution in [0.15, 0.2) is 51.2 Å². The van der Waals surface area contributed by atoms with E-state index in [9.17, 15) is 20.8 Å². The van der Waals surface area contributed by atoms with Gasteiger partial charge in [-0.15, -0.1) is 0 Å². The van der Waals surface area contributed by atoms with Gasteiger partial charge in [-0.25, -0.2) is 0 Å². The first-order valence-electron chi connectivity index (χ1n) is 9.50. The van der Waals surface area contributed by atoms with E-state index >= 15 is 0 Å². The Hall–Kier alpha value is -2.54. The van der Waals surface area contributed by atoms with E-state index in [2.05, 4.69) is 37.4 Å². The Morgan fingerprint density at radius 2 is 1.19 bits per heavy atom. The van der Waals surface area contributed by atoms with Crippen LogP contribution in [0.3, 0.4) is 0 Å². The zero-order valence-corrected chi connectivity index (χ0v) is 19.9.